The molecule has 4 heterocycles. The summed E-state index contributed by atoms with van der Waals surface area (Å²) < 4.78 is 73.0. The second-order valence-electron chi connectivity index (χ2n) is 11.5. The topological polar surface area (TPSA) is 131 Å². The van der Waals surface area contributed by atoms with Gasteiger partial charge in [0.25, 0.3) is 5.91 Å². The lowest BCUT2D eigenvalue weighted by atomic mass is 9.81. The van der Waals surface area contributed by atoms with E-state index in [0.717, 1.165) is 12.8 Å². The van der Waals surface area contributed by atoms with Crippen LogP contribution in [0.4, 0.5) is 26.7 Å². The minimum atomic E-state index is -4.40. The molecule has 1 unspecified atom stereocenters. The Bertz CT molecular complexity index is 1480. The van der Waals surface area contributed by atoms with Gasteiger partial charge in [0, 0.05) is 19.4 Å². The second kappa shape index (κ2) is 10.5. The molecule has 3 fully saturated rings. The van der Waals surface area contributed by atoms with Crippen LogP contribution in [0.2, 0.25) is 0 Å². The first-order chi connectivity index (χ1) is 19.9. The molecule has 1 saturated heterocycles. The highest BCUT2D eigenvalue weighted by atomic mass is 19.4. The number of carbonyl (C=O) groups excluding carboxylic acids is 2. The highest BCUT2D eigenvalue weighted by Crippen LogP contribution is 2.46. The van der Waals surface area contributed by atoms with Crippen molar-refractivity contribution in [1.82, 2.24) is 40.4 Å². The predicted octanol–water partition coefficient (Wildman–Crippen LogP) is 4.51. The van der Waals surface area contributed by atoms with Gasteiger partial charge >= 0.3 is 12.2 Å². The zero-order valence-electron chi connectivity index (χ0n) is 22.6. The number of alkyl halides is 5. The van der Waals surface area contributed by atoms with Gasteiger partial charge in [0.15, 0.2) is 11.3 Å². The lowest BCUT2D eigenvalue weighted by Gasteiger charge is -2.33. The Kier molecular flexibility index (Phi) is 7.04. The van der Waals surface area contributed by atoms with E-state index in [2.05, 4.69) is 35.7 Å². The molecule has 0 radical (unpaired) electrons. The Labute approximate surface area is 236 Å². The Morgan fingerprint density at radius 2 is 1.93 bits per heavy atom. The van der Waals surface area contributed by atoms with E-state index in [-0.39, 0.29) is 55.5 Å². The smallest absolute Gasteiger partial charge is 0.342 e. The van der Waals surface area contributed by atoms with E-state index in [1.165, 1.54) is 9.42 Å². The van der Waals surface area contributed by atoms with Gasteiger partial charge in [-0.3, -0.25) is 4.79 Å². The number of carbonyl (C=O) groups is 2. The van der Waals surface area contributed by atoms with Gasteiger partial charge < -0.3 is 15.5 Å². The lowest BCUT2D eigenvalue weighted by Crippen LogP contribution is -2.37. The van der Waals surface area contributed by atoms with Crippen molar-refractivity contribution in [2.45, 2.75) is 82.1 Å². The number of aromatic nitrogens is 5. The number of hydrogen-bond donors (Lipinski definition) is 2. The third-order valence-electron chi connectivity index (χ3n) is 8.30. The number of aryl methyl sites for hydroxylation is 1. The second-order valence-corrected chi connectivity index (χ2v) is 11.5. The molecule has 3 aromatic heterocycles. The zero-order chi connectivity index (χ0) is 29.8. The first-order valence-corrected chi connectivity index (χ1v) is 13.8. The van der Waals surface area contributed by atoms with E-state index < -0.39 is 48.6 Å². The van der Waals surface area contributed by atoms with Gasteiger partial charge in [-0.1, -0.05) is 5.16 Å². The highest BCUT2D eigenvalue weighted by Gasteiger charge is 2.45. The molecule has 16 heteroatoms. The van der Waals surface area contributed by atoms with Crippen LogP contribution in [-0.4, -0.2) is 66.4 Å². The van der Waals surface area contributed by atoms with Crippen LogP contribution in [0.15, 0.2) is 23.1 Å². The third-order valence-corrected chi connectivity index (χ3v) is 8.30. The lowest BCUT2D eigenvalue weighted by molar-refractivity contribution is -0.138. The van der Waals surface area contributed by atoms with Gasteiger partial charge in [0.05, 0.1) is 42.6 Å². The van der Waals surface area contributed by atoms with E-state index >= 15 is 0 Å². The summed E-state index contributed by atoms with van der Waals surface area (Å²) >= 11 is 0. The van der Waals surface area contributed by atoms with Gasteiger partial charge in [0.1, 0.15) is 5.69 Å². The summed E-state index contributed by atoms with van der Waals surface area (Å²) in [6.07, 6.45) is -1.03. The van der Waals surface area contributed by atoms with E-state index in [0.29, 0.717) is 16.9 Å². The first kappa shape index (κ1) is 28.3. The largest absolute Gasteiger partial charge is 0.391 e. The standard InChI is InChI=1S/C26H29F5N8O3/c1-13-20(37-42-36-13)23(40)35-21(14-4-6-25(27,28)7-5-14)18-12-39-19(34-18)8-16(10-32-39)22(15-2-3-15)38-11-17(33-24(38)41)9-26(29,30)31/h8,10,12,14-15,17,21-22H,2-7,9,11H2,1H3,(H,33,41)(H,35,40)/t17-,21-,22?/m0/s1. The monoisotopic (exact) mass is 596 g/mol. The molecule has 0 aromatic carbocycles. The summed E-state index contributed by atoms with van der Waals surface area (Å²) in [6.45, 7) is 1.47. The Balaban J connectivity index is 1.28. The molecule has 3 atom stereocenters. The van der Waals surface area contributed by atoms with Gasteiger partial charge in [0.2, 0.25) is 5.92 Å². The maximum absolute atomic E-state index is 14.0. The molecule has 0 bridgehead atoms. The van der Waals surface area contributed by atoms with Crippen LogP contribution in [0.5, 0.6) is 0 Å². The van der Waals surface area contributed by atoms with Crippen molar-refractivity contribution in [2.75, 3.05) is 6.54 Å². The van der Waals surface area contributed by atoms with E-state index in [9.17, 15) is 31.5 Å². The van der Waals surface area contributed by atoms with Crippen LogP contribution in [0.1, 0.15) is 84.5 Å². The summed E-state index contributed by atoms with van der Waals surface area (Å²) in [6, 6.07) is -1.08. The SMILES string of the molecule is Cc1nonc1C(=O)N[C@H](c1cn2ncc(C(C3CC3)N3C[C@H](CC(F)(F)F)NC3=O)cc2n1)C1CCC(F)(F)CC1. The molecular weight excluding hydrogens is 567 g/mol. The minimum absolute atomic E-state index is 0.0229. The van der Waals surface area contributed by atoms with Crippen LogP contribution >= 0.6 is 0 Å². The van der Waals surface area contributed by atoms with Crippen molar-refractivity contribution in [3.8, 4) is 0 Å². The van der Waals surface area contributed by atoms with E-state index in [1.54, 1.807) is 25.4 Å². The number of nitrogens with zero attached hydrogens (tertiary/aromatic N) is 6. The Morgan fingerprint density at radius 1 is 1.19 bits per heavy atom. The van der Waals surface area contributed by atoms with E-state index in [1.807, 2.05) is 0 Å². The van der Waals surface area contributed by atoms with Crippen LogP contribution in [0, 0.1) is 18.8 Å². The van der Waals surface area contributed by atoms with Crippen molar-refractivity contribution in [1.29, 1.82) is 0 Å². The fourth-order valence-corrected chi connectivity index (χ4v) is 6.07. The first-order valence-electron chi connectivity index (χ1n) is 13.8. The third kappa shape index (κ3) is 5.88. The number of halogens is 5. The molecule has 1 aliphatic heterocycles. The van der Waals surface area contributed by atoms with Crippen molar-refractivity contribution in [3.05, 3.63) is 41.1 Å². The summed E-state index contributed by atoms with van der Waals surface area (Å²) in [5, 5.41) is 17.0. The molecule has 3 aromatic rings. The van der Waals surface area contributed by atoms with Crippen molar-refractivity contribution < 1.29 is 36.2 Å². The minimum Gasteiger partial charge on any atom is -0.342 e. The molecule has 6 rings (SSSR count). The molecular formula is C26H29F5N8O3. The average molecular weight is 597 g/mol. The molecule has 2 aliphatic carbocycles. The number of imidazole rings is 1. The van der Waals surface area contributed by atoms with Crippen molar-refractivity contribution >= 4 is 17.6 Å². The number of amides is 3. The number of hydrogen-bond acceptors (Lipinski definition) is 7. The molecule has 0 spiro atoms. The molecule has 3 amide bonds. The van der Waals surface area contributed by atoms with Crippen molar-refractivity contribution in [3.63, 3.8) is 0 Å². The molecule has 3 aliphatic rings. The Morgan fingerprint density at radius 3 is 2.57 bits per heavy atom. The van der Waals surface area contributed by atoms with Crippen LogP contribution < -0.4 is 10.6 Å². The maximum Gasteiger partial charge on any atom is 0.391 e. The van der Waals surface area contributed by atoms with Gasteiger partial charge in [-0.2, -0.15) is 18.3 Å². The fraction of sp³-hybridized carbons (Fsp3) is 0.615. The molecule has 42 heavy (non-hydrogen) atoms. The van der Waals surface area contributed by atoms with Gasteiger partial charge in [-0.15, -0.1) is 0 Å². The summed E-state index contributed by atoms with van der Waals surface area (Å²) in [4.78, 5) is 31.9. The summed E-state index contributed by atoms with van der Waals surface area (Å²) in [5.74, 6) is -3.61. The summed E-state index contributed by atoms with van der Waals surface area (Å²) in [7, 11) is 0. The average Bonchev–Trinajstić information content (AvgIpc) is 3.33. The molecule has 2 N–H and O–H groups in total. The number of rotatable bonds is 8. The van der Waals surface area contributed by atoms with Crippen molar-refractivity contribution in [2.24, 2.45) is 11.8 Å². The fourth-order valence-electron chi connectivity index (χ4n) is 6.07. The quantitative estimate of drug-likeness (QED) is 0.366. The highest BCUT2D eigenvalue weighted by molar-refractivity contribution is 5.93. The van der Waals surface area contributed by atoms with Gasteiger partial charge in [-0.25, -0.2) is 27.7 Å². The summed E-state index contributed by atoms with van der Waals surface area (Å²) in [5.41, 5.74) is 1.68. The molecule has 11 nitrogen and oxygen atoms in total. The molecule has 2 saturated carbocycles. The number of urea groups is 1. The number of fused-ring (bicyclic) bond motifs is 1. The van der Waals surface area contributed by atoms with Gasteiger partial charge in [-0.05, 0) is 61.2 Å². The number of nitrogens with one attached hydrogen (secondary N) is 2. The van der Waals surface area contributed by atoms with Crippen LogP contribution in [0.3, 0.4) is 0 Å². The van der Waals surface area contributed by atoms with Crippen LogP contribution in [0.25, 0.3) is 5.65 Å². The zero-order valence-corrected chi connectivity index (χ0v) is 22.6. The normalized spacial score (nSPS) is 22.8. The van der Waals surface area contributed by atoms with Crippen LogP contribution in [-0.2, 0) is 0 Å². The predicted molar refractivity (Wildman–Crippen MR) is 134 cm³/mol. The molecule has 226 valence electrons. The Hall–Kier alpha value is -3.85. The van der Waals surface area contributed by atoms with E-state index in [4.69, 9.17) is 0 Å². The maximum atomic E-state index is 14.0.